The SMILES string of the molecule is COc1cccc(NC(=O)[C@@H](C)OC(=O)/C=C/c2ccc(OC(F)(F)F)cc2)c1. The number of nitrogens with one attached hydrogen (secondary N) is 1. The highest BCUT2D eigenvalue weighted by Crippen LogP contribution is 2.23. The predicted molar refractivity (Wildman–Crippen MR) is 99.3 cm³/mol. The van der Waals surface area contributed by atoms with E-state index in [0.717, 1.165) is 18.2 Å². The van der Waals surface area contributed by atoms with Gasteiger partial charge in [0.05, 0.1) is 7.11 Å². The second-order valence-corrected chi connectivity index (χ2v) is 5.75. The number of benzene rings is 2. The van der Waals surface area contributed by atoms with Crippen LogP contribution in [-0.2, 0) is 14.3 Å². The molecule has 0 saturated heterocycles. The average Bonchev–Trinajstić information content (AvgIpc) is 2.66. The molecule has 0 unspecified atom stereocenters. The van der Waals surface area contributed by atoms with Gasteiger partial charge in [0.25, 0.3) is 5.91 Å². The molecule has 154 valence electrons. The first-order valence-electron chi connectivity index (χ1n) is 8.36. The third kappa shape index (κ3) is 7.57. The molecule has 1 N–H and O–H groups in total. The van der Waals surface area contributed by atoms with Crippen LogP contribution in [0.15, 0.2) is 54.6 Å². The molecule has 29 heavy (non-hydrogen) atoms. The number of ether oxygens (including phenoxy) is 3. The number of alkyl halides is 3. The van der Waals surface area contributed by atoms with Crippen molar-refractivity contribution >= 4 is 23.6 Å². The summed E-state index contributed by atoms with van der Waals surface area (Å²) >= 11 is 0. The van der Waals surface area contributed by atoms with Crippen LogP contribution in [-0.4, -0.2) is 31.5 Å². The summed E-state index contributed by atoms with van der Waals surface area (Å²) in [5.41, 5.74) is 0.930. The number of hydrogen-bond acceptors (Lipinski definition) is 5. The maximum absolute atomic E-state index is 12.1. The highest BCUT2D eigenvalue weighted by molar-refractivity contribution is 5.96. The van der Waals surface area contributed by atoms with Crippen LogP contribution in [0.4, 0.5) is 18.9 Å². The van der Waals surface area contributed by atoms with Crippen LogP contribution in [0, 0.1) is 0 Å². The van der Waals surface area contributed by atoms with Crippen LogP contribution in [0.3, 0.4) is 0 Å². The van der Waals surface area contributed by atoms with Crippen molar-refractivity contribution in [3.05, 3.63) is 60.2 Å². The minimum atomic E-state index is -4.78. The van der Waals surface area contributed by atoms with Crippen molar-refractivity contribution in [3.8, 4) is 11.5 Å². The predicted octanol–water partition coefficient (Wildman–Crippen LogP) is 4.18. The fourth-order valence-corrected chi connectivity index (χ4v) is 2.16. The molecule has 0 bridgehead atoms. The second-order valence-electron chi connectivity index (χ2n) is 5.75. The van der Waals surface area contributed by atoms with Crippen LogP contribution in [0.5, 0.6) is 11.5 Å². The normalized spacial score (nSPS) is 12.3. The lowest BCUT2D eigenvalue weighted by Gasteiger charge is -2.13. The van der Waals surface area contributed by atoms with Gasteiger partial charge in [-0.25, -0.2) is 4.79 Å². The third-order valence-electron chi connectivity index (χ3n) is 3.52. The summed E-state index contributed by atoms with van der Waals surface area (Å²) in [6, 6.07) is 11.6. The Morgan fingerprint density at radius 1 is 1.07 bits per heavy atom. The Morgan fingerprint density at radius 3 is 2.38 bits per heavy atom. The Balaban J connectivity index is 1.87. The van der Waals surface area contributed by atoms with E-state index in [0.29, 0.717) is 17.0 Å². The minimum Gasteiger partial charge on any atom is -0.497 e. The van der Waals surface area contributed by atoms with Gasteiger partial charge >= 0.3 is 12.3 Å². The second kappa shape index (κ2) is 9.63. The van der Waals surface area contributed by atoms with E-state index in [1.54, 1.807) is 24.3 Å². The number of amides is 1. The van der Waals surface area contributed by atoms with Crippen LogP contribution in [0.1, 0.15) is 12.5 Å². The van der Waals surface area contributed by atoms with Crippen molar-refractivity contribution in [2.45, 2.75) is 19.4 Å². The third-order valence-corrected chi connectivity index (χ3v) is 3.52. The van der Waals surface area contributed by atoms with Gasteiger partial charge in [-0.15, -0.1) is 13.2 Å². The fourth-order valence-electron chi connectivity index (χ4n) is 2.16. The first-order chi connectivity index (χ1) is 13.7. The van der Waals surface area contributed by atoms with Gasteiger partial charge in [0.1, 0.15) is 11.5 Å². The average molecular weight is 409 g/mol. The van der Waals surface area contributed by atoms with Gasteiger partial charge in [0, 0.05) is 17.8 Å². The van der Waals surface area contributed by atoms with Crippen molar-refractivity contribution < 1.29 is 37.0 Å². The first-order valence-corrected chi connectivity index (χ1v) is 8.36. The van der Waals surface area contributed by atoms with Gasteiger partial charge in [0.2, 0.25) is 0 Å². The first kappa shape index (κ1) is 21.8. The van der Waals surface area contributed by atoms with E-state index in [-0.39, 0.29) is 5.75 Å². The van der Waals surface area contributed by atoms with Crippen molar-refractivity contribution in [2.24, 2.45) is 0 Å². The number of carbonyl (C=O) groups excluding carboxylic acids is 2. The Kier molecular flexibility index (Phi) is 7.24. The van der Waals surface area contributed by atoms with Crippen molar-refractivity contribution in [3.63, 3.8) is 0 Å². The maximum Gasteiger partial charge on any atom is 0.573 e. The quantitative estimate of drug-likeness (QED) is 0.549. The molecule has 0 radical (unpaired) electrons. The molecule has 0 fully saturated rings. The molecule has 1 amide bonds. The lowest BCUT2D eigenvalue weighted by atomic mass is 10.2. The summed E-state index contributed by atoms with van der Waals surface area (Å²) in [4.78, 5) is 24.0. The van der Waals surface area contributed by atoms with Gasteiger partial charge < -0.3 is 19.5 Å². The fraction of sp³-hybridized carbons (Fsp3) is 0.200. The number of esters is 1. The number of halogens is 3. The molecule has 1 atom stereocenters. The van der Waals surface area contributed by atoms with Crippen LogP contribution < -0.4 is 14.8 Å². The molecule has 0 aromatic heterocycles. The van der Waals surface area contributed by atoms with Gasteiger partial charge in [-0.1, -0.05) is 18.2 Å². The van der Waals surface area contributed by atoms with E-state index in [1.165, 1.54) is 32.2 Å². The summed E-state index contributed by atoms with van der Waals surface area (Å²) in [6.45, 7) is 1.41. The Hall–Kier alpha value is -3.49. The number of rotatable bonds is 7. The smallest absolute Gasteiger partial charge is 0.497 e. The zero-order chi connectivity index (χ0) is 21.4. The zero-order valence-corrected chi connectivity index (χ0v) is 15.5. The number of anilines is 1. The molecule has 9 heteroatoms. The Bertz CT molecular complexity index is 878. The van der Waals surface area contributed by atoms with E-state index in [9.17, 15) is 22.8 Å². The minimum absolute atomic E-state index is 0.375. The molecule has 0 saturated carbocycles. The topological polar surface area (TPSA) is 73.9 Å². The van der Waals surface area contributed by atoms with Crippen LogP contribution in [0.25, 0.3) is 6.08 Å². The molecule has 2 aromatic rings. The maximum atomic E-state index is 12.1. The van der Waals surface area contributed by atoms with Crippen LogP contribution in [0.2, 0.25) is 0 Å². The van der Waals surface area contributed by atoms with Gasteiger partial charge in [-0.2, -0.15) is 0 Å². The van der Waals surface area contributed by atoms with Crippen molar-refractivity contribution in [1.29, 1.82) is 0 Å². The lowest BCUT2D eigenvalue weighted by Crippen LogP contribution is -2.29. The van der Waals surface area contributed by atoms with Gasteiger partial charge in [-0.3, -0.25) is 4.79 Å². The zero-order valence-electron chi connectivity index (χ0n) is 15.5. The Morgan fingerprint density at radius 2 is 1.76 bits per heavy atom. The van der Waals surface area contributed by atoms with Crippen molar-refractivity contribution in [1.82, 2.24) is 0 Å². The summed E-state index contributed by atoms with van der Waals surface area (Å²) in [5.74, 6) is -1.13. The Labute approximate surface area is 164 Å². The standard InChI is InChI=1S/C20H18F3NO5/c1-13(19(26)24-15-4-3-5-17(12-15)27-2)28-18(25)11-8-14-6-9-16(10-7-14)29-20(21,22)23/h3-13H,1-2H3,(H,24,26)/b11-8+/t13-/m1/s1. The number of methoxy groups -OCH3 is 1. The highest BCUT2D eigenvalue weighted by Gasteiger charge is 2.30. The lowest BCUT2D eigenvalue weighted by molar-refractivity contribution is -0.274. The molecule has 2 rings (SSSR count). The van der Waals surface area contributed by atoms with Crippen molar-refractivity contribution in [2.75, 3.05) is 12.4 Å². The molecule has 2 aromatic carbocycles. The van der Waals surface area contributed by atoms with E-state index in [1.807, 2.05) is 0 Å². The summed E-state index contributed by atoms with van der Waals surface area (Å²) in [7, 11) is 1.49. The molecule has 0 aliphatic carbocycles. The van der Waals surface area contributed by atoms with Gasteiger partial charge in [0.15, 0.2) is 6.10 Å². The van der Waals surface area contributed by atoms with Gasteiger partial charge in [-0.05, 0) is 42.8 Å². The molecule has 0 aliphatic heterocycles. The molecule has 0 spiro atoms. The van der Waals surface area contributed by atoms with E-state index < -0.39 is 24.3 Å². The summed E-state index contributed by atoms with van der Waals surface area (Å²) in [5, 5.41) is 2.59. The van der Waals surface area contributed by atoms with E-state index in [2.05, 4.69) is 10.1 Å². The summed E-state index contributed by atoms with van der Waals surface area (Å²) in [6.07, 6.45) is -3.44. The molecule has 0 heterocycles. The highest BCUT2D eigenvalue weighted by atomic mass is 19.4. The molecular weight excluding hydrogens is 391 g/mol. The number of carbonyl (C=O) groups is 2. The molecule has 6 nitrogen and oxygen atoms in total. The molecule has 0 aliphatic rings. The summed E-state index contributed by atoms with van der Waals surface area (Å²) < 4.78 is 50.2. The van der Waals surface area contributed by atoms with Crippen LogP contribution >= 0.6 is 0 Å². The van der Waals surface area contributed by atoms with E-state index >= 15 is 0 Å². The number of hydrogen-bond donors (Lipinski definition) is 1. The monoisotopic (exact) mass is 409 g/mol. The van der Waals surface area contributed by atoms with E-state index in [4.69, 9.17) is 9.47 Å². The largest absolute Gasteiger partial charge is 0.573 e. The molecular formula is C20H18F3NO5.